The summed E-state index contributed by atoms with van der Waals surface area (Å²) in [6.07, 6.45) is 3.10. The van der Waals surface area contributed by atoms with Crippen molar-refractivity contribution in [2.75, 3.05) is 20.2 Å². The van der Waals surface area contributed by atoms with Gasteiger partial charge in [-0.2, -0.15) is 0 Å². The molecule has 4 heteroatoms. The Morgan fingerprint density at radius 1 is 1.50 bits per heavy atom. The standard InChI is InChI=1S/C14H23N3O/c1-4-13-10-17(11(2)7-15-13)9-12-5-6-14(18-3)16-8-12/h5-6,8,11,13,15H,4,7,9-10H2,1-3H3. The first-order valence-electron chi connectivity index (χ1n) is 6.69. The van der Waals surface area contributed by atoms with Crippen molar-refractivity contribution in [1.29, 1.82) is 0 Å². The molecule has 2 heterocycles. The van der Waals surface area contributed by atoms with Crippen molar-refractivity contribution in [1.82, 2.24) is 15.2 Å². The number of aromatic nitrogens is 1. The van der Waals surface area contributed by atoms with Gasteiger partial charge in [-0.15, -0.1) is 0 Å². The van der Waals surface area contributed by atoms with Crippen LogP contribution in [-0.2, 0) is 6.54 Å². The molecule has 4 nitrogen and oxygen atoms in total. The summed E-state index contributed by atoms with van der Waals surface area (Å²) in [6.45, 7) is 7.67. The van der Waals surface area contributed by atoms with Crippen LogP contribution < -0.4 is 10.1 Å². The average Bonchev–Trinajstić information content (AvgIpc) is 2.42. The van der Waals surface area contributed by atoms with Crippen molar-refractivity contribution >= 4 is 0 Å². The van der Waals surface area contributed by atoms with E-state index >= 15 is 0 Å². The third-order valence-electron chi connectivity index (χ3n) is 3.67. The normalized spacial score (nSPS) is 25.1. The number of methoxy groups -OCH3 is 1. The molecule has 1 N–H and O–H groups in total. The maximum Gasteiger partial charge on any atom is 0.212 e. The molecule has 100 valence electrons. The highest BCUT2D eigenvalue weighted by molar-refractivity contribution is 5.17. The van der Waals surface area contributed by atoms with Gasteiger partial charge in [0.05, 0.1) is 7.11 Å². The van der Waals surface area contributed by atoms with Crippen LogP contribution in [0.2, 0.25) is 0 Å². The summed E-state index contributed by atoms with van der Waals surface area (Å²) in [6, 6.07) is 5.23. The third-order valence-corrected chi connectivity index (χ3v) is 3.67. The van der Waals surface area contributed by atoms with E-state index in [1.54, 1.807) is 7.11 Å². The Labute approximate surface area is 109 Å². The monoisotopic (exact) mass is 249 g/mol. The molecule has 1 aliphatic rings. The number of hydrogen-bond donors (Lipinski definition) is 1. The van der Waals surface area contributed by atoms with Gasteiger partial charge in [-0.05, 0) is 18.9 Å². The Hall–Kier alpha value is -1.13. The van der Waals surface area contributed by atoms with Crippen molar-refractivity contribution in [3.05, 3.63) is 23.9 Å². The van der Waals surface area contributed by atoms with E-state index in [-0.39, 0.29) is 0 Å². The number of pyridine rings is 1. The summed E-state index contributed by atoms with van der Waals surface area (Å²) in [4.78, 5) is 6.78. The molecule has 18 heavy (non-hydrogen) atoms. The summed E-state index contributed by atoms with van der Waals surface area (Å²) in [5, 5.41) is 3.58. The maximum absolute atomic E-state index is 5.08. The van der Waals surface area contributed by atoms with Gasteiger partial charge >= 0.3 is 0 Å². The van der Waals surface area contributed by atoms with Crippen molar-refractivity contribution < 1.29 is 4.74 Å². The van der Waals surface area contributed by atoms with E-state index in [9.17, 15) is 0 Å². The number of piperazine rings is 1. The zero-order chi connectivity index (χ0) is 13.0. The van der Waals surface area contributed by atoms with Gasteiger partial charge in [-0.1, -0.05) is 13.0 Å². The molecule has 0 aliphatic carbocycles. The molecule has 0 bridgehead atoms. The summed E-state index contributed by atoms with van der Waals surface area (Å²) in [5.41, 5.74) is 1.25. The highest BCUT2D eigenvalue weighted by Crippen LogP contribution is 2.14. The zero-order valence-electron chi connectivity index (χ0n) is 11.5. The minimum absolute atomic E-state index is 0.579. The fraction of sp³-hybridized carbons (Fsp3) is 0.643. The lowest BCUT2D eigenvalue weighted by atomic mass is 10.1. The molecule has 2 unspecified atom stereocenters. The molecule has 1 aliphatic heterocycles. The van der Waals surface area contributed by atoms with E-state index in [0.29, 0.717) is 18.0 Å². The Kier molecular flexibility index (Phi) is 4.55. The Balaban J connectivity index is 1.97. The molecule has 1 aromatic heterocycles. The average molecular weight is 249 g/mol. The second-order valence-corrected chi connectivity index (χ2v) is 5.00. The summed E-state index contributed by atoms with van der Waals surface area (Å²) < 4.78 is 5.08. The van der Waals surface area contributed by atoms with E-state index in [0.717, 1.165) is 19.6 Å². The Morgan fingerprint density at radius 2 is 2.33 bits per heavy atom. The molecular formula is C14H23N3O. The van der Waals surface area contributed by atoms with Gasteiger partial charge in [0.2, 0.25) is 5.88 Å². The molecule has 1 aromatic rings. The van der Waals surface area contributed by atoms with E-state index in [4.69, 9.17) is 4.74 Å². The van der Waals surface area contributed by atoms with Gasteiger partial charge in [0.1, 0.15) is 0 Å². The second kappa shape index (κ2) is 6.16. The molecule has 1 fully saturated rings. The van der Waals surface area contributed by atoms with E-state index in [1.807, 2.05) is 12.3 Å². The van der Waals surface area contributed by atoms with Crippen molar-refractivity contribution in [3.8, 4) is 5.88 Å². The summed E-state index contributed by atoms with van der Waals surface area (Å²) in [7, 11) is 1.65. The van der Waals surface area contributed by atoms with Crippen molar-refractivity contribution in [3.63, 3.8) is 0 Å². The van der Waals surface area contributed by atoms with Gasteiger partial charge in [0.15, 0.2) is 0 Å². The smallest absolute Gasteiger partial charge is 0.212 e. The van der Waals surface area contributed by atoms with Crippen LogP contribution in [0, 0.1) is 0 Å². The number of rotatable bonds is 4. The first kappa shape index (κ1) is 13.3. The van der Waals surface area contributed by atoms with Gasteiger partial charge in [-0.25, -0.2) is 4.98 Å². The van der Waals surface area contributed by atoms with E-state index in [1.165, 1.54) is 12.0 Å². The predicted molar refractivity (Wildman–Crippen MR) is 72.7 cm³/mol. The highest BCUT2D eigenvalue weighted by atomic mass is 16.5. The van der Waals surface area contributed by atoms with Gasteiger partial charge in [-0.3, -0.25) is 4.90 Å². The maximum atomic E-state index is 5.08. The van der Waals surface area contributed by atoms with Crippen LogP contribution >= 0.6 is 0 Å². The number of nitrogens with zero attached hydrogens (tertiary/aromatic N) is 2. The topological polar surface area (TPSA) is 37.4 Å². The summed E-state index contributed by atoms with van der Waals surface area (Å²) in [5.74, 6) is 0.679. The molecular weight excluding hydrogens is 226 g/mol. The molecule has 0 aromatic carbocycles. The minimum Gasteiger partial charge on any atom is -0.481 e. The second-order valence-electron chi connectivity index (χ2n) is 5.00. The van der Waals surface area contributed by atoms with Crippen LogP contribution in [0.1, 0.15) is 25.8 Å². The Morgan fingerprint density at radius 3 is 2.94 bits per heavy atom. The predicted octanol–water partition coefficient (Wildman–Crippen LogP) is 1.66. The number of ether oxygens (including phenoxy) is 1. The largest absolute Gasteiger partial charge is 0.481 e. The van der Waals surface area contributed by atoms with E-state index in [2.05, 4.69) is 35.1 Å². The number of hydrogen-bond acceptors (Lipinski definition) is 4. The molecule has 0 amide bonds. The van der Waals surface area contributed by atoms with Crippen LogP contribution in [0.5, 0.6) is 5.88 Å². The lowest BCUT2D eigenvalue weighted by Gasteiger charge is -2.38. The minimum atomic E-state index is 0.579. The molecule has 2 atom stereocenters. The number of nitrogens with one attached hydrogen (secondary N) is 1. The third kappa shape index (κ3) is 3.21. The van der Waals surface area contributed by atoms with E-state index < -0.39 is 0 Å². The summed E-state index contributed by atoms with van der Waals surface area (Å²) >= 11 is 0. The lowest BCUT2D eigenvalue weighted by Crippen LogP contribution is -2.54. The fourth-order valence-corrected chi connectivity index (χ4v) is 2.35. The molecule has 1 saturated heterocycles. The molecule has 0 radical (unpaired) electrons. The van der Waals surface area contributed by atoms with Crippen LogP contribution in [0.25, 0.3) is 0 Å². The van der Waals surface area contributed by atoms with Gasteiger partial charge in [0, 0.05) is 44.0 Å². The Bertz CT molecular complexity index is 366. The lowest BCUT2D eigenvalue weighted by molar-refractivity contribution is 0.131. The first-order valence-corrected chi connectivity index (χ1v) is 6.69. The van der Waals surface area contributed by atoms with Crippen LogP contribution in [0.3, 0.4) is 0 Å². The molecule has 0 saturated carbocycles. The fourth-order valence-electron chi connectivity index (χ4n) is 2.35. The first-order chi connectivity index (χ1) is 8.72. The van der Waals surface area contributed by atoms with Crippen LogP contribution in [0.15, 0.2) is 18.3 Å². The molecule has 2 rings (SSSR count). The highest BCUT2D eigenvalue weighted by Gasteiger charge is 2.23. The van der Waals surface area contributed by atoms with Crippen molar-refractivity contribution in [2.24, 2.45) is 0 Å². The quantitative estimate of drug-likeness (QED) is 0.880. The van der Waals surface area contributed by atoms with Gasteiger partial charge < -0.3 is 10.1 Å². The van der Waals surface area contributed by atoms with Crippen molar-refractivity contribution in [2.45, 2.75) is 38.9 Å². The zero-order valence-corrected chi connectivity index (χ0v) is 11.5. The van der Waals surface area contributed by atoms with Crippen LogP contribution in [0.4, 0.5) is 0 Å². The SMILES string of the molecule is CCC1CN(Cc2ccc(OC)nc2)C(C)CN1. The van der Waals surface area contributed by atoms with Crippen LogP contribution in [-0.4, -0.2) is 42.2 Å². The van der Waals surface area contributed by atoms with Gasteiger partial charge in [0.25, 0.3) is 0 Å². The molecule has 0 spiro atoms.